The molecule has 0 bridgehead atoms. The summed E-state index contributed by atoms with van der Waals surface area (Å²) in [5.74, 6) is 1.11. The number of unbranched alkanes of at least 4 members (excludes halogenated alkanes) is 7. The summed E-state index contributed by atoms with van der Waals surface area (Å²) >= 11 is 0. The molecule has 0 aliphatic rings. The molecule has 0 radical (unpaired) electrons. The Hall–Kier alpha value is -2.95. The van der Waals surface area contributed by atoms with E-state index in [1.165, 1.54) is 49.7 Å². The molecule has 0 unspecified atom stereocenters. The van der Waals surface area contributed by atoms with Crippen molar-refractivity contribution in [3.05, 3.63) is 64.1 Å². The van der Waals surface area contributed by atoms with E-state index in [1.807, 2.05) is 18.2 Å². The molecule has 222 valence electrons. The second-order valence-electron chi connectivity index (χ2n) is 10.7. The Kier molecular flexibility index (Phi) is 16.6. The zero-order valence-electron chi connectivity index (χ0n) is 25.7. The molecule has 0 amide bonds. The summed E-state index contributed by atoms with van der Waals surface area (Å²) in [4.78, 5) is 13.1. The van der Waals surface area contributed by atoms with Gasteiger partial charge in [0.2, 0.25) is 5.75 Å². The van der Waals surface area contributed by atoms with Crippen molar-refractivity contribution >= 4 is 11.0 Å². The van der Waals surface area contributed by atoms with Crippen LogP contribution < -0.4 is 19.8 Å². The smallest absolute Gasteiger partial charge is 0.383 e. The summed E-state index contributed by atoms with van der Waals surface area (Å²) < 4.78 is 24.0. The van der Waals surface area contributed by atoms with Gasteiger partial charge in [0.1, 0.15) is 6.61 Å². The second kappa shape index (κ2) is 20.0. The van der Waals surface area contributed by atoms with Gasteiger partial charge < -0.3 is 18.6 Å². The van der Waals surface area contributed by atoms with Gasteiger partial charge in [0.15, 0.2) is 17.1 Å². The molecule has 40 heavy (non-hydrogen) atoms. The summed E-state index contributed by atoms with van der Waals surface area (Å²) in [6.45, 7) is 12.0. The highest BCUT2D eigenvalue weighted by atomic mass is 16.5. The van der Waals surface area contributed by atoms with Crippen molar-refractivity contribution in [2.75, 3.05) is 19.8 Å². The van der Waals surface area contributed by atoms with Gasteiger partial charge in [-0.1, -0.05) is 94.2 Å². The highest BCUT2D eigenvalue weighted by Gasteiger charge is 2.20. The van der Waals surface area contributed by atoms with Gasteiger partial charge in [-0.15, -0.1) is 0 Å². The molecule has 1 aromatic carbocycles. The quantitative estimate of drug-likeness (QED) is 0.0876. The van der Waals surface area contributed by atoms with Crippen LogP contribution in [0.1, 0.15) is 112 Å². The first-order chi connectivity index (χ1) is 19.5. The first kappa shape index (κ1) is 33.3. The van der Waals surface area contributed by atoms with E-state index in [0.29, 0.717) is 42.3 Å². The minimum atomic E-state index is -0.534. The van der Waals surface area contributed by atoms with Crippen LogP contribution in [0.15, 0.2) is 62.9 Å². The molecule has 2 aromatic rings. The molecule has 0 spiro atoms. The molecular formula is C35H52O5. The summed E-state index contributed by atoms with van der Waals surface area (Å²) in [6, 6.07) is 5.62. The van der Waals surface area contributed by atoms with E-state index in [-0.39, 0.29) is 5.75 Å². The van der Waals surface area contributed by atoms with Crippen molar-refractivity contribution in [3.63, 3.8) is 0 Å². The average Bonchev–Trinajstić information content (AvgIpc) is 2.93. The lowest BCUT2D eigenvalue weighted by atomic mass is 10.1. The van der Waals surface area contributed by atoms with Gasteiger partial charge in [-0.05, 0) is 71.1 Å². The first-order valence-electron chi connectivity index (χ1n) is 15.4. The maximum atomic E-state index is 13.1. The van der Waals surface area contributed by atoms with Gasteiger partial charge >= 0.3 is 5.63 Å². The Morgan fingerprint density at radius 3 is 2.27 bits per heavy atom. The fourth-order valence-corrected chi connectivity index (χ4v) is 4.42. The highest BCUT2D eigenvalue weighted by Crippen LogP contribution is 2.37. The molecule has 0 aliphatic heterocycles. The third-order valence-corrected chi connectivity index (χ3v) is 6.75. The molecule has 0 saturated carbocycles. The molecular weight excluding hydrogens is 500 g/mol. The number of fused-ring (bicyclic) bond motifs is 1. The van der Waals surface area contributed by atoms with Crippen molar-refractivity contribution < 1.29 is 18.6 Å². The maximum Gasteiger partial charge on any atom is 0.383 e. The lowest BCUT2D eigenvalue weighted by molar-refractivity contribution is 0.263. The largest absolute Gasteiger partial charge is 0.489 e. The number of allylic oxidation sites excluding steroid dienone is 4. The molecule has 0 atom stereocenters. The molecule has 2 rings (SSSR count). The van der Waals surface area contributed by atoms with E-state index in [1.54, 1.807) is 0 Å². The van der Waals surface area contributed by atoms with Crippen molar-refractivity contribution in [1.29, 1.82) is 0 Å². The third-order valence-electron chi connectivity index (χ3n) is 6.75. The van der Waals surface area contributed by atoms with E-state index in [2.05, 4.69) is 58.9 Å². The van der Waals surface area contributed by atoms with Crippen LogP contribution in [0, 0.1) is 0 Å². The summed E-state index contributed by atoms with van der Waals surface area (Å²) in [5, 5.41) is 0.683. The second-order valence-corrected chi connectivity index (χ2v) is 10.7. The molecule has 5 nitrogen and oxygen atoms in total. The standard InChI is InChI=1S/C35H52O5/c1-6-8-10-12-13-14-15-17-26-38-34-33(39-27-24-29(5)21-18-20-28(3)4)30-22-19-23-31(32(30)40-35(34)36)37-25-16-11-9-7-2/h9,11,19-20,22-24H,6-8,10,12-18,21,25-27H2,1-5H3/b11-9?,29-24+. The number of ether oxygens (including phenoxy) is 3. The minimum absolute atomic E-state index is 0.147. The van der Waals surface area contributed by atoms with E-state index in [9.17, 15) is 4.79 Å². The molecule has 5 heteroatoms. The minimum Gasteiger partial charge on any atom is -0.489 e. The molecule has 0 saturated heterocycles. The van der Waals surface area contributed by atoms with Gasteiger partial charge in [-0.3, -0.25) is 0 Å². The number of rotatable bonds is 21. The maximum absolute atomic E-state index is 13.1. The average molecular weight is 553 g/mol. The van der Waals surface area contributed by atoms with Crippen molar-refractivity contribution in [2.24, 2.45) is 0 Å². The van der Waals surface area contributed by atoms with Crippen molar-refractivity contribution in [3.8, 4) is 17.2 Å². The van der Waals surface area contributed by atoms with E-state index in [4.69, 9.17) is 18.6 Å². The van der Waals surface area contributed by atoms with Gasteiger partial charge in [-0.25, -0.2) is 4.79 Å². The van der Waals surface area contributed by atoms with Crippen LogP contribution in [-0.4, -0.2) is 19.8 Å². The molecule has 0 aliphatic carbocycles. The predicted octanol–water partition coefficient (Wildman–Crippen LogP) is 10.1. The Balaban J connectivity index is 2.17. The van der Waals surface area contributed by atoms with Gasteiger partial charge in [0.25, 0.3) is 0 Å². The molecule has 1 aromatic heterocycles. The number of hydrogen-bond acceptors (Lipinski definition) is 5. The fourth-order valence-electron chi connectivity index (χ4n) is 4.42. The van der Waals surface area contributed by atoms with Crippen LogP contribution in [-0.2, 0) is 0 Å². The van der Waals surface area contributed by atoms with Crippen LogP contribution in [0.3, 0.4) is 0 Å². The van der Waals surface area contributed by atoms with E-state index in [0.717, 1.165) is 38.5 Å². The first-order valence-corrected chi connectivity index (χ1v) is 15.4. The van der Waals surface area contributed by atoms with Crippen LogP contribution >= 0.6 is 0 Å². The van der Waals surface area contributed by atoms with Crippen LogP contribution in [0.25, 0.3) is 11.0 Å². The predicted molar refractivity (Wildman–Crippen MR) is 168 cm³/mol. The monoisotopic (exact) mass is 552 g/mol. The molecule has 0 N–H and O–H groups in total. The van der Waals surface area contributed by atoms with E-state index >= 15 is 0 Å². The Labute approximate surface area is 242 Å². The van der Waals surface area contributed by atoms with Gasteiger partial charge in [0.05, 0.1) is 18.6 Å². The third kappa shape index (κ3) is 12.5. The summed E-state index contributed by atoms with van der Waals surface area (Å²) in [7, 11) is 0. The molecule has 0 fully saturated rings. The fraction of sp³-hybridized carbons (Fsp3) is 0.571. The number of benzene rings is 1. The van der Waals surface area contributed by atoms with Crippen LogP contribution in [0.5, 0.6) is 17.2 Å². The number of para-hydroxylation sites is 1. The topological polar surface area (TPSA) is 57.9 Å². The zero-order valence-corrected chi connectivity index (χ0v) is 25.7. The zero-order chi connectivity index (χ0) is 29.0. The number of hydrogen-bond donors (Lipinski definition) is 0. The van der Waals surface area contributed by atoms with Gasteiger partial charge in [0, 0.05) is 0 Å². The van der Waals surface area contributed by atoms with Crippen LogP contribution in [0.4, 0.5) is 0 Å². The van der Waals surface area contributed by atoms with Gasteiger partial charge in [-0.2, -0.15) is 0 Å². The lowest BCUT2D eigenvalue weighted by Crippen LogP contribution is -2.12. The van der Waals surface area contributed by atoms with Crippen molar-refractivity contribution in [2.45, 2.75) is 112 Å². The van der Waals surface area contributed by atoms with E-state index < -0.39 is 5.63 Å². The Morgan fingerprint density at radius 1 is 0.800 bits per heavy atom. The Morgan fingerprint density at radius 2 is 1.55 bits per heavy atom. The summed E-state index contributed by atoms with van der Waals surface area (Å²) in [5.41, 5.74) is 2.43. The lowest BCUT2D eigenvalue weighted by Gasteiger charge is -2.15. The van der Waals surface area contributed by atoms with Crippen LogP contribution in [0.2, 0.25) is 0 Å². The highest BCUT2D eigenvalue weighted by molar-refractivity contribution is 5.89. The SMILES string of the molecule is CCC=CCCOc1cccc2c(OC/C=C(\C)CCC=C(C)C)c(OCCCCCCCCCC)c(=O)oc12. The molecule has 1 heterocycles. The summed E-state index contributed by atoms with van der Waals surface area (Å²) in [6.07, 6.45) is 21.9. The Bertz CT molecular complexity index is 1130. The van der Waals surface area contributed by atoms with Crippen molar-refractivity contribution in [1.82, 2.24) is 0 Å². The normalized spacial score (nSPS) is 11.8.